The lowest BCUT2D eigenvalue weighted by atomic mass is 9.99. The van der Waals surface area contributed by atoms with E-state index in [-0.39, 0.29) is 5.91 Å². The fraction of sp³-hybridized carbons (Fsp3) is 0.583. The van der Waals surface area contributed by atoms with Crippen LogP contribution >= 0.6 is 0 Å². The lowest BCUT2D eigenvalue weighted by Crippen LogP contribution is -2.44. The maximum Gasteiger partial charge on any atom is 0.220 e. The molecule has 2 aromatic rings. The maximum atomic E-state index is 12.5. The van der Waals surface area contributed by atoms with E-state index in [4.69, 9.17) is 0 Å². The van der Waals surface area contributed by atoms with E-state index in [0.29, 0.717) is 24.9 Å². The van der Waals surface area contributed by atoms with Crippen LogP contribution in [0.25, 0.3) is 0 Å². The molecule has 1 unspecified atom stereocenters. The van der Waals surface area contributed by atoms with Gasteiger partial charge in [0.15, 0.2) is 0 Å². The Morgan fingerprint density at radius 1 is 1.17 bits per heavy atom. The first-order chi connectivity index (χ1) is 13.8. The van der Waals surface area contributed by atoms with Gasteiger partial charge in [-0.1, -0.05) is 38.1 Å². The number of carbonyl (C=O) groups is 1. The molecule has 29 heavy (non-hydrogen) atoms. The van der Waals surface area contributed by atoms with Crippen molar-refractivity contribution in [1.82, 2.24) is 20.0 Å². The molecule has 2 heterocycles. The summed E-state index contributed by atoms with van der Waals surface area (Å²) in [7, 11) is 0. The van der Waals surface area contributed by atoms with Crippen molar-refractivity contribution < 1.29 is 4.79 Å². The minimum Gasteiger partial charge on any atom is -0.355 e. The fourth-order valence-corrected chi connectivity index (χ4v) is 4.23. The van der Waals surface area contributed by atoms with Gasteiger partial charge in [-0.3, -0.25) is 14.4 Å². The minimum absolute atomic E-state index is 0.129. The monoisotopic (exact) mass is 396 g/mol. The number of hydrogen-bond acceptors (Lipinski definition) is 3. The van der Waals surface area contributed by atoms with Crippen molar-refractivity contribution in [3.8, 4) is 0 Å². The van der Waals surface area contributed by atoms with Crippen LogP contribution in [0.2, 0.25) is 0 Å². The average Bonchev–Trinajstić information content (AvgIpc) is 2.96. The number of rotatable bonds is 8. The molecule has 0 saturated heterocycles. The van der Waals surface area contributed by atoms with Gasteiger partial charge in [0.25, 0.3) is 0 Å². The molecule has 1 atom stereocenters. The van der Waals surface area contributed by atoms with Crippen molar-refractivity contribution in [2.24, 2.45) is 5.92 Å². The van der Waals surface area contributed by atoms with Crippen molar-refractivity contribution in [1.29, 1.82) is 0 Å². The zero-order valence-electron chi connectivity index (χ0n) is 18.7. The van der Waals surface area contributed by atoms with Gasteiger partial charge >= 0.3 is 0 Å². The summed E-state index contributed by atoms with van der Waals surface area (Å²) in [6.45, 7) is 14.4. The summed E-state index contributed by atoms with van der Waals surface area (Å²) < 4.78 is 2.09. The van der Waals surface area contributed by atoms with Gasteiger partial charge in [-0.05, 0) is 56.2 Å². The summed E-state index contributed by atoms with van der Waals surface area (Å²) in [4.78, 5) is 14.9. The average molecular weight is 397 g/mol. The van der Waals surface area contributed by atoms with Gasteiger partial charge in [-0.25, -0.2) is 0 Å². The summed E-state index contributed by atoms with van der Waals surface area (Å²) in [6.07, 6.45) is 2.37. The third-order valence-electron chi connectivity index (χ3n) is 6.05. The van der Waals surface area contributed by atoms with Crippen molar-refractivity contribution in [3.05, 3.63) is 52.3 Å². The van der Waals surface area contributed by atoms with E-state index in [1.165, 1.54) is 22.4 Å². The first-order valence-corrected chi connectivity index (χ1v) is 11.0. The van der Waals surface area contributed by atoms with Crippen LogP contribution in [-0.4, -0.2) is 39.7 Å². The number of fused-ring (bicyclic) bond motifs is 1. The standard InChI is InChI=1S/C24H36N4O/c1-17(2)15-28-20(5)23(19(4)26-28)10-11-24(29)25-14-18(3)27-13-12-21-8-6-7-9-22(21)16-27/h6-9,17-18H,10-16H2,1-5H3,(H,25,29). The van der Waals surface area contributed by atoms with Crippen molar-refractivity contribution in [2.45, 2.75) is 73.0 Å². The van der Waals surface area contributed by atoms with Crippen molar-refractivity contribution in [3.63, 3.8) is 0 Å². The highest BCUT2D eigenvalue weighted by Gasteiger charge is 2.21. The Morgan fingerprint density at radius 3 is 2.62 bits per heavy atom. The van der Waals surface area contributed by atoms with Crippen molar-refractivity contribution in [2.75, 3.05) is 13.1 Å². The van der Waals surface area contributed by atoms with Gasteiger partial charge in [0, 0.05) is 44.3 Å². The molecular formula is C24H36N4O. The Morgan fingerprint density at radius 2 is 1.90 bits per heavy atom. The number of hydrogen-bond donors (Lipinski definition) is 1. The molecule has 0 bridgehead atoms. The molecule has 1 aliphatic rings. The molecule has 0 spiro atoms. The van der Waals surface area contributed by atoms with Gasteiger partial charge in [-0.2, -0.15) is 5.10 Å². The quantitative estimate of drug-likeness (QED) is 0.741. The van der Waals surface area contributed by atoms with E-state index in [9.17, 15) is 4.79 Å². The second kappa shape index (κ2) is 9.57. The predicted molar refractivity (Wildman–Crippen MR) is 118 cm³/mol. The number of benzene rings is 1. The van der Waals surface area contributed by atoms with Gasteiger partial charge in [0.05, 0.1) is 5.69 Å². The Bertz CT molecular complexity index is 839. The van der Waals surface area contributed by atoms with Gasteiger partial charge < -0.3 is 5.32 Å². The normalized spacial score (nSPS) is 15.4. The van der Waals surface area contributed by atoms with E-state index in [1.807, 2.05) is 6.92 Å². The molecule has 5 heteroatoms. The first-order valence-electron chi connectivity index (χ1n) is 11.0. The van der Waals surface area contributed by atoms with Crippen LogP contribution in [-0.2, 0) is 30.7 Å². The SMILES string of the molecule is Cc1nn(CC(C)C)c(C)c1CCC(=O)NCC(C)N1CCc2ccccc2C1. The van der Waals surface area contributed by atoms with Crippen LogP contribution in [0.3, 0.4) is 0 Å². The van der Waals surface area contributed by atoms with Crippen LogP contribution < -0.4 is 5.32 Å². The number of aryl methyl sites for hydroxylation is 1. The summed E-state index contributed by atoms with van der Waals surface area (Å²) in [5, 5.41) is 7.80. The van der Waals surface area contributed by atoms with E-state index in [0.717, 1.165) is 38.2 Å². The second-order valence-corrected chi connectivity index (χ2v) is 8.87. The topological polar surface area (TPSA) is 50.2 Å². The van der Waals surface area contributed by atoms with Crippen LogP contribution in [0.1, 0.15) is 55.3 Å². The van der Waals surface area contributed by atoms with Crippen LogP contribution in [0.15, 0.2) is 24.3 Å². The summed E-state index contributed by atoms with van der Waals surface area (Å²) in [6, 6.07) is 9.02. The molecule has 1 aromatic carbocycles. The lowest BCUT2D eigenvalue weighted by Gasteiger charge is -2.33. The minimum atomic E-state index is 0.129. The molecule has 0 radical (unpaired) electrons. The van der Waals surface area contributed by atoms with E-state index >= 15 is 0 Å². The van der Waals surface area contributed by atoms with Gasteiger partial charge in [0.2, 0.25) is 5.91 Å². The third kappa shape index (κ3) is 5.47. The number of amides is 1. The highest BCUT2D eigenvalue weighted by atomic mass is 16.1. The highest BCUT2D eigenvalue weighted by Crippen LogP contribution is 2.20. The molecule has 0 saturated carbocycles. The van der Waals surface area contributed by atoms with E-state index < -0.39 is 0 Å². The molecule has 0 fully saturated rings. The second-order valence-electron chi connectivity index (χ2n) is 8.87. The van der Waals surface area contributed by atoms with Crippen LogP contribution in [0.4, 0.5) is 0 Å². The van der Waals surface area contributed by atoms with Gasteiger partial charge in [-0.15, -0.1) is 0 Å². The third-order valence-corrected chi connectivity index (χ3v) is 6.05. The van der Waals surface area contributed by atoms with Crippen LogP contribution in [0.5, 0.6) is 0 Å². The summed E-state index contributed by atoms with van der Waals surface area (Å²) in [5.41, 5.74) is 6.35. The molecule has 1 N–H and O–H groups in total. The Kier molecular flexibility index (Phi) is 7.12. The molecule has 1 aliphatic heterocycles. The zero-order valence-corrected chi connectivity index (χ0v) is 18.7. The number of aromatic nitrogens is 2. The molecule has 1 aromatic heterocycles. The number of carbonyl (C=O) groups excluding carboxylic acids is 1. The Balaban J connectivity index is 1.46. The molecule has 1 amide bonds. The lowest BCUT2D eigenvalue weighted by molar-refractivity contribution is -0.121. The largest absolute Gasteiger partial charge is 0.355 e. The summed E-state index contributed by atoms with van der Waals surface area (Å²) >= 11 is 0. The van der Waals surface area contributed by atoms with Gasteiger partial charge in [0.1, 0.15) is 0 Å². The number of nitrogens with zero attached hydrogens (tertiary/aromatic N) is 3. The highest BCUT2D eigenvalue weighted by molar-refractivity contribution is 5.76. The molecule has 3 rings (SSSR count). The van der Waals surface area contributed by atoms with E-state index in [2.05, 4.69) is 72.0 Å². The van der Waals surface area contributed by atoms with Crippen LogP contribution in [0, 0.1) is 19.8 Å². The maximum absolute atomic E-state index is 12.5. The Labute approximate surface area is 175 Å². The molecular weight excluding hydrogens is 360 g/mol. The predicted octanol–water partition coefficient (Wildman–Crippen LogP) is 3.65. The van der Waals surface area contributed by atoms with E-state index in [1.54, 1.807) is 0 Å². The van der Waals surface area contributed by atoms with Crippen molar-refractivity contribution >= 4 is 5.91 Å². The Hall–Kier alpha value is -2.14. The first kappa shape index (κ1) is 21.6. The summed E-state index contributed by atoms with van der Waals surface area (Å²) in [5.74, 6) is 0.692. The zero-order chi connectivity index (χ0) is 21.0. The number of nitrogens with one attached hydrogen (secondary N) is 1. The fourth-order valence-electron chi connectivity index (χ4n) is 4.23. The molecule has 5 nitrogen and oxygen atoms in total. The molecule has 158 valence electrons. The smallest absolute Gasteiger partial charge is 0.220 e. The molecule has 0 aliphatic carbocycles.